The van der Waals surface area contributed by atoms with Gasteiger partial charge < -0.3 is 5.73 Å². The van der Waals surface area contributed by atoms with Gasteiger partial charge in [0.1, 0.15) is 12.5 Å². The van der Waals surface area contributed by atoms with Crippen molar-refractivity contribution in [2.75, 3.05) is 6.67 Å². The van der Waals surface area contributed by atoms with E-state index < -0.39 is 18.5 Å². The van der Waals surface area contributed by atoms with E-state index in [2.05, 4.69) is 0 Å². The Kier molecular flexibility index (Phi) is 5.67. The van der Waals surface area contributed by atoms with Gasteiger partial charge in [-0.15, -0.1) is 12.4 Å². The molecule has 1 aromatic carbocycles. The lowest BCUT2D eigenvalue weighted by atomic mass is 10.1. The van der Waals surface area contributed by atoms with Crippen molar-refractivity contribution >= 4 is 35.6 Å². The molecule has 80 valence electrons. The molecule has 0 unspecified atom stereocenters. The van der Waals surface area contributed by atoms with Crippen LogP contribution < -0.4 is 5.73 Å². The van der Waals surface area contributed by atoms with Gasteiger partial charge in [0.25, 0.3) is 0 Å². The van der Waals surface area contributed by atoms with Gasteiger partial charge in [0.15, 0.2) is 0 Å². The fourth-order valence-electron chi connectivity index (χ4n) is 0.960. The van der Waals surface area contributed by atoms with Crippen molar-refractivity contribution in [1.82, 2.24) is 0 Å². The van der Waals surface area contributed by atoms with Crippen molar-refractivity contribution in [2.45, 2.75) is 6.04 Å². The summed E-state index contributed by atoms with van der Waals surface area (Å²) in [4.78, 5) is 0. The van der Waals surface area contributed by atoms with E-state index in [9.17, 15) is 8.78 Å². The molecule has 1 aromatic rings. The first kappa shape index (κ1) is 13.9. The Bertz CT molecular complexity index is 320. The molecule has 0 spiro atoms. The number of hydrogen-bond donors (Lipinski definition) is 1. The summed E-state index contributed by atoms with van der Waals surface area (Å²) in [6, 6.07) is 1.35. The van der Waals surface area contributed by atoms with Gasteiger partial charge in [-0.2, -0.15) is 0 Å². The van der Waals surface area contributed by atoms with Crippen molar-refractivity contribution in [2.24, 2.45) is 5.73 Å². The summed E-state index contributed by atoms with van der Waals surface area (Å²) in [5, 5.41) is 0.147. The molecule has 0 aliphatic rings. The van der Waals surface area contributed by atoms with E-state index in [0.29, 0.717) is 0 Å². The number of nitrogens with two attached hydrogens (primary N) is 1. The summed E-state index contributed by atoms with van der Waals surface area (Å²) in [6.07, 6.45) is 0. The van der Waals surface area contributed by atoms with Crippen LogP contribution in [-0.4, -0.2) is 6.67 Å². The minimum Gasteiger partial charge on any atom is -0.322 e. The van der Waals surface area contributed by atoms with Crippen LogP contribution in [-0.2, 0) is 0 Å². The largest absolute Gasteiger partial charge is 0.322 e. The third kappa shape index (κ3) is 2.70. The standard InChI is InChI=1S/C8H7Cl2F2N.ClH/c9-4-1-2-5(12)7(8(4)10)6(13)3-11;/h1-2,6H,3,13H2;1H/t6-;/m1./s1. The molecule has 0 aromatic heterocycles. The minimum absolute atomic E-state index is 0. The Hall–Kier alpha value is -0.0900. The summed E-state index contributed by atoms with van der Waals surface area (Å²) < 4.78 is 25.2. The van der Waals surface area contributed by atoms with Crippen LogP contribution in [0.4, 0.5) is 8.78 Å². The van der Waals surface area contributed by atoms with Crippen LogP contribution in [0.15, 0.2) is 12.1 Å². The van der Waals surface area contributed by atoms with Crippen molar-refractivity contribution < 1.29 is 8.78 Å². The maximum atomic E-state index is 13.1. The fraction of sp³-hybridized carbons (Fsp3) is 0.250. The Morgan fingerprint density at radius 1 is 1.36 bits per heavy atom. The molecule has 0 fully saturated rings. The lowest BCUT2D eigenvalue weighted by Gasteiger charge is -2.11. The molecule has 0 saturated heterocycles. The van der Waals surface area contributed by atoms with Crippen LogP contribution in [0, 0.1) is 5.82 Å². The van der Waals surface area contributed by atoms with Crippen molar-refractivity contribution in [3.63, 3.8) is 0 Å². The van der Waals surface area contributed by atoms with Crippen LogP contribution >= 0.6 is 35.6 Å². The number of rotatable bonds is 2. The van der Waals surface area contributed by atoms with Gasteiger partial charge in [-0.05, 0) is 12.1 Å². The average molecular weight is 263 g/mol. The van der Waals surface area contributed by atoms with Crippen LogP contribution in [0.1, 0.15) is 11.6 Å². The highest BCUT2D eigenvalue weighted by molar-refractivity contribution is 6.42. The van der Waals surface area contributed by atoms with Crippen molar-refractivity contribution in [3.8, 4) is 0 Å². The van der Waals surface area contributed by atoms with Crippen LogP contribution in [0.5, 0.6) is 0 Å². The molecule has 6 heteroatoms. The van der Waals surface area contributed by atoms with Gasteiger partial charge in [0.05, 0.1) is 16.1 Å². The van der Waals surface area contributed by atoms with E-state index in [1.807, 2.05) is 0 Å². The molecule has 1 nitrogen and oxygen atoms in total. The predicted molar refractivity (Wildman–Crippen MR) is 56.6 cm³/mol. The monoisotopic (exact) mass is 261 g/mol. The molecular weight excluding hydrogens is 254 g/mol. The van der Waals surface area contributed by atoms with E-state index in [1.165, 1.54) is 6.07 Å². The lowest BCUT2D eigenvalue weighted by Crippen LogP contribution is -2.14. The normalized spacial score (nSPS) is 12.1. The summed E-state index contributed by atoms with van der Waals surface area (Å²) in [7, 11) is 0. The smallest absolute Gasteiger partial charge is 0.129 e. The summed E-state index contributed by atoms with van der Waals surface area (Å²) >= 11 is 11.3. The summed E-state index contributed by atoms with van der Waals surface area (Å²) in [6.45, 7) is -0.878. The van der Waals surface area contributed by atoms with E-state index in [4.69, 9.17) is 28.9 Å². The minimum atomic E-state index is -1.06. The average Bonchev–Trinajstić information content (AvgIpc) is 2.12. The van der Waals surface area contributed by atoms with Crippen LogP contribution in [0.2, 0.25) is 10.0 Å². The first-order valence-corrected chi connectivity index (χ1v) is 4.28. The molecule has 0 saturated carbocycles. The molecule has 2 N–H and O–H groups in total. The first-order chi connectivity index (χ1) is 6.07. The third-order valence-corrected chi connectivity index (χ3v) is 2.44. The molecule has 14 heavy (non-hydrogen) atoms. The predicted octanol–water partition coefficient (Wildman–Crippen LogP) is 3.52. The Labute approximate surface area is 96.6 Å². The zero-order valence-electron chi connectivity index (χ0n) is 6.94. The molecule has 0 amide bonds. The van der Waals surface area contributed by atoms with Crippen LogP contribution in [0.25, 0.3) is 0 Å². The first-order valence-electron chi connectivity index (χ1n) is 3.53. The number of benzene rings is 1. The molecule has 1 rings (SSSR count). The van der Waals surface area contributed by atoms with E-state index >= 15 is 0 Å². The maximum Gasteiger partial charge on any atom is 0.129 e. The second-order valence-electron chi connectivity index (χ2n) is 2.52. The number of alkyl halides is 1. The lowest BCUT2D eigenvalue weighted by molar-refractivity contribution is 0.427. The highest BCUT2D eigenvalue weighted by Crippen LogP contribution is 2.31. The van der Waals surface area contributed by atoms with Crippen molar-refractivity contribution in [3.05, 3.63) is 33.6 Å². The zero-order valence-corrected chi connectivity index (χ0v) is 9.26. The molecule has 1 atom stereocenters. The Morgan fingerprint density at radius 2 is 1.93 bits per heavy atom. The topological polar surface area (TPSA) is 26.0 Å². The zero-order chi connectivity index (χ0) is 10.0. The second-order valence-corrected chi connectivity index (χ2v) is 3.30. The van der Waals surface area contributed by atoms with E-state index in [-0.39, 0.29) is 28.0 Å². The van der Waals surface area contributed by atoms with Gasteiger partial charge >= 0.3 is 0 Å². The molecule has 0 heterocycles. The SMILES string of the molecule is Cl.N[C@H](CF)c1c(F)ccc(Cl)c1Cl. The third-order valence-electron chi connectivity index (χ3n) is 1.62. The molecule has 0 bridgehead atoms. The quantitative estimate of drug-likeness (QED) is 0.811. The highest BCUT2D eigenvalue weighted by Gasteiger charge is 2.17. The fourth-order valence-corrected chi connectivity index (χ4v) is 1.42. The molecule has 0 aliphatic heterocycles. The molecular formula is C8H8Cl3F2N. The van der Waals surface area contributed by atoms with Gasteiger partial charge in [0.2, 0.25) is 0 Å². The van der Waals surface area contributed by atoms with E-state index in [0.717, 1.165) is 6.07 Å². The Balaban J connectivity index is 0.00000169. The molecule has 0 aliphatic carbocycles. The highest BCUT2D eigenvalue weighted by atomic mass is 35.5. The van der Waals surface area contributed by atoms with Gasteiger partial charge in [-0.25, -0.2) is 8.78 Å². The van der Waals surface area contributed by atoms with Gasteiger partial charge in [-0.3, -0.25) is 0 Å². The summed E-state index contributed by atoms with van der Waals surface area (Å²) in [5.74, 6) is -0.639. The summed E-state index contributed by atoms with van der Waals surface area (Å²) in [5.41, 5.74) is 5.23. The van der Waals surface area contributed by atoms with Gasteiger partial charge in [0, 0.05) is 5.56 Å². The van der Waals surface area contributed by atoms with Gasteiger partial charge in [-0.1, -0.05) is 23.2 Å². The molecule has 0 radical (unpaired) electrons. The van der Waals surface area contributed by atoms with Crippen LogP contribution in [0.3, 0.4) is 0 Å². The van der Waals surface area contributed by atoms with Crippen molar-refractivity contribution in [1.29, 1.82) is 0 Å². The maximum absolute atomic E-state index is 13.1. The Morgan fingerprint density at radius 3 is 2.43 bits per heavy atom. The second kappa shape index (κ2) is 5.71. The van der Waals surface area contributed by atoms with E-state index in [1.54, 1.807) is 0 Å². The number of hydrogen-bond acceptors (Lipinski definition) is 1. The number of halogens is 5.